The maximum absolute atomic E-state index is 15.1. The number of nitrogens with one attached hydrogen (secondary N) is 1. The van der Waals surface area contributed by atoms with Gasteiger partial charge in [-0.15, -0.1) is 0 Å². The molecule has 0 saturated heterocycles. The van der Waals surface area contributed by atoms with E-state index in [9.17, 15) is 9.18 Å². The lowest BCUT2D eigenvalue weighted by molar-refractivity contribution is 0.102. The lowest BCUT2D eigenvalue weighted by atomic mass is 9.72. The second-order valence-electron chi connectivity index (χ2n) is 11.3. The van der Waals surface area contributed by atoms with Crippen LogP contribution in [-0.4, -0.2) is 48.5 Å². The van der Waals surface area contributed by atoms with Crippen LogP contribution in [0.3, 0.4) is 0 Å². The van der Waals surface area contributed by atoms with Crippen LogP contribution in [-0.2, 0) is 4.74 Å². The minimum atomic E-state index is -0.736. The molecule has 1 saturated carbocycles. The molecule has 3 atom stereocenters. The Balaban J connectivity index is 0.00000127. The smallest absolute Gasteiger partial charge is 0.274 e. The van der Waals surface area contributed by atoms with Crippen LogP contribution in [0.25, 0.3) is 11.3 Å². The van der Waals surface area contributed by atoms with Crippen molar-refractivity contribution >= 4 is 24.2 Å². The molecule has 2 aromatic heterocycles. The van der Waals surface area contributed by atoms with Crippen LogP contribution < -0.4 is 15.8 Å². The van der Waals surface area contributed by atoms with Gasteiger partial charge in [0.15, 0.2) is 0 Å². The summed E-state index contributed by atoms with van der Waals surface area (Å²) in [6, 6.07) is 7.18. The van der Waals surface area contributed by atoms with Crippen molar-refractivity contribution in [3.63, 3.8) is 0 Å². The topological polar surface area (TPSA) is 99.4 Å². The number of ether oxygens (including phenoxy) is 2. The van der Waals surface area contributed by atoms with Crippen LogP contribution in [0, 0.1) is 30.4 Å². The molecule has 2 heterocycles. The Hall–Kier alpha value is -3.08. The van der Waals surface area contributed by atoms with Crippen LogP contribution in [0.5, 0.6) is 5.75 Å². The molecule has 0 radical (unpaired) electrons. The second kappa shape index (κ2) is 18.7. The van der Waals surface area contributed by atoms with Crippen molar-refractivity contribution in [1.82, 2.24) is 9.97 Å². The SMILES string of the molecule is CCC.COCCOc1cc(C)c(-c2nc(C(=O)Nc3cnccc3C3CC(N)CC(C(C)C)C3)ccc2F)c(F)c1.CS. The number of nitrogens with zero attached hydrogens (tertiary/aromatic N) is 2. The number of carbonyl (C=O) groups is 1. The molecular weight excluding hydrogens is 582 g/mol. The van der Waals surface area contributed by atoms with Crippen LogP contribution in [0.1, 0.15) is 80.9 Å². The number of aryl methyl sites for hydroxylation is 1. The predicted molar refractivity (Wildman–Crippen MR) is 178 cm³/mol. The summed E-state index contributed by atoms with van der Waals surface area (Å²) in [5, 5.41) is 2.90. The fraction of sp³-hybridized carbons (Fsp3) is 0.500. The fourth-order valence-corrected chi connectivity index (χ4v) is 5.34. The first-order valence-electron chi connectivity index (χ1n) is 15.1. The van der Waals surface area contributed by atoms with Crippen molar-refractivity contribution in [3.8, 4) is 17.0 Å². The highest BCUT2D eigenvalue weighted by molar-refractivity contribution is 7.79. The van der Waals surface area contributed by atoms with Gasteiger partial charge in [0.2, 0.25) is 0 Å². The number of methoxy groups -OCH3 is 1. The van der Waals surface area contributed by atoms with Gasteiger partial charge < -0.3 is 20.5 Å². The number of carbonyl (C=O) groups excluding carboxylic acids is 1. The molecule has 0 bridgehead atoms. The van der Waals surface area contributed by atoms with E-state index < -0.39 is 17.5 Å². The monoisotopic (exact) mass is 630 g/mol. The van der Waals surface area contributed by atoms with Crippen LogP contribution in [0.4, 0.5) is 14.5 Å². The molecule has 7 nitrogen and oxygen atoms in total. The predicted octanol–water partition coefficient (Wildman–Crippen LogP) is 7.84. The van der Waals surface area contributed by atoms with Crippen molar-refractivity contribution in [1.29, 1.82) is 0 Å². The number of hydrogen-bond donors (Lipinski definition) is 3. The quantitative estimate of drug-likeness (QED) is 0.165. The Morgan fingerprint density at radius 2 is 1.80 bits per heavy atom. The summed E-state index contributed by atoms with van der Waals surface area (Å²) >= 11 is 3.53. The van der Waals surface area contributed by atoms with Crippen LogP contribution >= 0.6 is 12.6 Å². The highest BCUT2D eigenvalue weighted by Crippen LogP contribution is 2.41. The molecule has 242 valence electrons. The molecule has 1 aliphatic rings. The first kappa shape index (κ1) is 37.1. The van der Waals surface area contributed by atoms with Gasteiger partial charge in [0.05, 0.1) is 18.5 Å². The maximum Gasteiger partial charge on any atom is 0.274 e. The van der Waals surface area contributed by atoms with Gasteiger partial charge in [-0.1, -0.05) is 34.1 Å². The summed E-state index contributed by atoms with van der Waals surface area (Å²) in [4.78, 5) is 21.7. The van der Waals surface area contributed by atoms with Gasteiger partial charge in [-0.3, -0.25) is 9.78 Å². The normalized spacial score (nSPS) is 17.6. The fourth-order valence-electron chi connectivity index (χ4n) is 5.34. The summed E-state index contributed by atoms with van der Waals surface area (Å²) in [5.41, 5.74) is 8.03. The van der Waals surface area contributed by atoms with Crippen LogP contribution in [0.15, 0.2) is 42.7 Å². The zero-order valence-corrected chi connectivity index (χ0v) is 27.9. The number of amides is 1. The average molecular weight is 631 g/mol. The lowest BCUT2D eigenvalue weighted by Gasteiger charge is -2.36. The Labute approximate surface area is 266 Å². The third kappa shape index (κ3) is 10.2. The van der Waals surface area contributed by atoms with E-state index in [1.807, 2.05) is 6.07 Å². The average Bonchev–Trinajstić information content (AvgIpc) is 2.99. The number of thiol groups is 1. The van der Waals surface area contributed by atoms with Crippen molar-refractivity contribution in [2.75, 3.05) is 31.9 Å². The van der Waals surface area contributed by atoms with Gasteiger partial charge in [0, 0.05) is 31.0 Å². The maximum atomic E-state index is 15.1. The van der Waals surface area contributed by atoms with E-state index in [4.69, 9.17) is 15.2 Å². The van der Waals surface area contributed by atoms with Crippen molar-refractivity contribution in [2.45, 2.75) is 72.3 Å². The number of pyridine rings is 2. The van der Waals surface area contributed by atoms with E-state index in [-0.39, 0.29) is 35.5 Å². The molecule has 44 heavy (non-hydrogen) atoms. The molecule has 0 aliphatic heterocycles. The number of halogens is 2. The Kier molecular flexibility index (Phi) is 15.7. The number of rotatable bonds is 9. The minimum absolute atomic E-state index is 0.0285. The minimum Gasteiger partial charge on any atom is -0.491 e. The third-order valence-electron chi connectivity index (χ3n) is 7.40. The summed E-state index contributed by atoms with van der Waals surface area (Å²) in [7, 11) is 1.54. The number of aromatic nitrogens is 2. The Bertz CT molecular complexity index is 1320. The zero-order valence-electron chi connectivity index (χ0n) is 27.0. The van der Waals surface area contributed by atoms with Crippen LogP contribution in [0.2, 0.25) is 0 Å². The first-order valence-corrected chi connectivity index (χ1v) is 16.0. The van der Waals surface area contributed by atoms with Gasteiger partial charge in [0.1, 0.15) is 35.4 Å². The summed E-state index contributed by atoms with van der Waals surface area (Å²) < 4.78 is 40.4. The second-order valence-corrected chi connectivity index (χ2v) is 11.3. The van der Waals surface area contributed by atoms with Gasteiger partial charge in [-0.2, -0.15) is 12.6 Å². The molecule has 3 aromatic rings. The van der Waals surface area contributed by atoms with Gasteiger partial charge in [0.25, 0.3) is 5.91 Å². The number of nitrogens with two attached hydrogens (primary N) is 1. The Morgan fingerprint density at radius 1 is 1.09 bits per heavy atom. The molecule has 1 aromatic carbocycles. The van der Waals surface area contributed by atoms with Crippen molar-refractivity contribution < 1.29 is 23.0 Å². The largest absolute Gasteiger partial charge is 0.491 e. The first-order chi connectivity index (χ1) is 21.1. The molecular formula is C34H48F2N4O3S. The molecule has 4 rings (SSSR count). The molecule has 3 unspecified atom stereocenters. The molecule has 10 heteroatoms. The molecule has 1 amide bonds. The summed E-state index contributed by atoms with van der Waals surface area (Å²) in [6.45, 7) is 10.9. The Morgan fingerprint density at radius 3 is 2.43 bits per heavy atom. The molecule has 1 fully saturated rings. The highest BCUT2D eigenvalue weighted by atomic mass is 32.1. The summed E-state index contributed by atoms with van der Waals surface area (Å²) in [5.74, 6) is -0.497. The molecule has 0 spiro atoms. The van der Waals surface area contributed by atoms with E-state index in [0.29, 0.717) is 35.4 Å². The van der Waals surface area contributed by atoms with Crippen molar-refractivity contribution in [3.05, 3.63) is 71.2 Å². The van der Waals surface area contributed by atoms with E-state index >= 15 is 4.39 Å². The van der Waals surface area contributed by atoms with E-state index in [0.717, 1.165) is 30.9 Å². The van der Waals surface area contributed by atoms with Gasteiger partial charge in [-0.05, 0) is 85.6 Å². The third-order valence-corrected chi connectivity index (χ3v) is 7.40. The van der Waals surface area contributed by atoms with Crippen molar-refractivity contribution in [2.24, 2.45) is 17.6 Å². The van der Waals surface area contributed by atoms with E-state index in [1.165, 1.54) is 18.6 Å². The number of hydrogen-bond acceptors (Lipinski definition) is 7. The van der Waals surface area contributed by atoms with Gasteiger partial charge >= 0.3 is 0 Å². The lowest BCUT2D eigenvalue weighted by Crippen LogP contribution is -2.34. The number of benzene rings is 1. The molecule has 1 aliphatic carbocycles. The zero-order chi connectivity index (χ0) is 32.8. The van der Waals surface area contributed by atoms with E-state index in [1.54, 1.807) is 38.7 Å². The standard InChI is InChI=1S/C30H36F2N4O3.C3H8.CH4S/c1-17(2)19-12-20(14-21(33)13-19)23-7-8-34-16-27(23)36-30(37)26-6-5-24(31)29(35-26)28-18(3)11-22(15-25(28)32)39-10-9-38-4;1-3-2;1-2/h5-8,11,15-17,19-21H,9-10,12-14,33H2,1-4H3,(H,36,37);3H2,1-2H3;2H,1H3. The highest BCUT2D eigenvalue weighted by Gasteiger charge is 2.31. The number of anilines is 1. The summed E-state index contributed by atoms with van der Waals surface area (Å²) in [6.07, 6.45) is 9.03. The molecule has 3 N–H and O–H groups in total. The van der Waals surface area contributed by atoms with E-state index in [2.05, 4.69) is 55.6 Å². The van der Waals surface area contributed by atoms with Gasteiger partial charge in [-0.25, -0.2) is 13.8 Å².